The van der Waals surface area contributed by atoms with Crippen LogP contribution in [0.1, 0.15) is 91.0 Å². The van der Waals surface area contributed by atoms with E-state index in [1.54, 1.807) is 12.1 Å². The monoisotopic (exact) mass is 908 g/mol. The van der Waals surface area contributed by atoms with Crippen LogP contribution < -0.4 is 40.7 Å². The summed E-state index contributed by atoms with van der Waals surface area (Å²) in [6.45, 7) is 7.42. The van der Waals surface area contributed by atoms with Crippen LogP contribution in [0.5, 0.6) is 28.7 Å². The van der Waals surface area contributed by atoms with Crippen LogP contribution in [0.2, 0.25) is 0 Å². The van der Waals surface area contributed by atoms with Crippen molar-refractivity contribution in [3.8, 4) is 39.9 Å². The number of fused-ring (bicyclic) bond motifs is 9. The highest BCUT2D eigenvalue weighted by atomic mass is 16.6. The van der Waals surface area contributed by atoms with Crippen molar-refractivity contribution in [1.82, 2.24) is 16.0 Å². The van der Waals surface area contributed by atoms with Gasteiger partial charge in [0.2, 0.25) is 0 Å². The Labute approximate surface area is 387 Å². The molecule has 356 valence electrons. The third kappa shape index (κ3) is 10.1. The van der Waals surface area contributed by atoms with Gasteiger partial charge in [0.05, 0.1) is 37.4 Å². The first-order valence-corrected chi connectivity index (χ1v) is 23.6. The average molecular weight is 909 g/mol. The molecule has 4 aromatic rings. The van der Waals surface area contributed by atoms with E-state index in [0.29, 0.717) is 106 Å². The van der Waals surface area contributed by atoms with E-state index in [-0.39, 0.29) is 56.3 Å². The Hall–Kier alpha value is -4.77. The van der Waals surface area contributed by atoms with Crippen molar-refractivity contribution in [1.29, 1.82) is 0 Å². The lowest BCUT2D eigenvalue weighted by Crippen LogP contribution is -2.56. The number of aromatic hydroxyl groups is 2. The van der Waals surface area contributed by atoms with Gasteiger partial charge in [-0.15, -0.1) is 0 Å². The number of hydrogen-bond acceptors (Lipinski definition) is 14. The van der Waals surface area contributed by atoms with Gasteiger partial charge in [-0.05, 0) is 146 Å². The first-order chi connectivity index (χ1) is 31.9. The Balaban J connectivity index is 1.29. The number of nitrogens with zero attached hydrogens (tertiary/aromatic N) is 1. The smallest absolute Gasteiger partial charge is 0.161 e. The standard InChI is InChI=1S/C52H68N4O10/c1-31(2)24-51(3,62)27-54-29-55-28-52(64-30-53-4)25-43-42-21-35(19-32-7-12-44-33(18-32)13-14-56-44)41-23-37(60)8-10-39(41)46(42)49-40(11-9-38(26-59)65-49)48(43)66-50(52)36-20-34(6-5-15-57)47(61)45(22-36)63-17-16-58/h7-8,10,12-13,18,20,22-23,31,35,38,50,53-55,57-62H,5-6,9,11,14-17,19,21,24-30H2,1-4H3/t35-,38-,50-,51+,52+/m1/s1. The van der Waals surface area contributed by atoms with Gasteiger partial charge >= 0.3 is 0 Å². The SMILES string of the molecule is CNCO[C@]1(CNCNC[C@@](C)(O)CC(C)C)Cc2c3c(c4c(c2O[C@@H]1c1cc(CCCO)c(O)c(OCCO)c1)CC[C@H](CO)O4)-c1ccc(O)cc1[C@H](Cc1ccc2c(c1)=CCN=2)C3. The summed E-state index contributed by atoms with van der Waals surface area (Å²) >= 11 is 0. The van der Waals surface area contributed by atoms with Crippen LogP contribution in [0.25, 0.3) is 17.2 Å². The van der Waals surface area contributed by atoms with E-state index in [4.69, 9.17) is 18.9 Å². The quantitative estimate of drug-likeness (QED) is 0.0434. The first-order valence-electron chi connectivity index (χ1n) is 23.6. The molecule has 9 N–H and O–H groups in total. The lowest BCUT2D eigenvalue weighted by atomic mass is 9.70. The van der Waals surface area contributed by atoms with Gasteiger partial charge in [0.25, 0.3) is 0 Å². The zero-order chi connectivity index (χ0) is 46.6. The number of nitrogens with one attached hydrogen (secondary N) is 3. The summed E-state index contributed by atoms with van der Waals surface area (Å²) in [6, 6.07) is 15.7. The van der Waals surface area contributed by atoms with Gasteiger partial charge < -0.3 is 60.2 Å². The van der Waals surface area contributed by atoms with Gasteiger partial charge in [0.15, 0.2) is 17.6 Å². The van der Waals surface area contributed by atoms with Gasteiger partial charge in [-0.25, -0.2) is 0 Å². The van der Waals surface area contributed by atoms with E-state index in [1.807, 2.05) is 32.2 Å². The molecule has 0 radical (unpaired) electrons. The summed E-state index contributed by atoms with van der Waals surface area (Å²) < 4.78 is 27.3. The molecule has 8 rings (SSSR count). The minimum Gasteiger partial charge on any atom is -0.508 e. The second-order valence-electron chi connectivity index (χ2n) is 19.2. The van der Waals surface area contributed by atoms with Crippen LogP contribution in [-0.2, 0) is 36.8 Å². The Morgan fingerprint density at radius 3 is 2.59 bits per heavy atom. The van der Waals surface area contributed by atoms with Crippen molar-refractivity contribution in [2.45, 2.75) is 101 Å². The summed E-state index contributed by atoms with van der Waals surface area (Å²) in [4.78, 5) is 4.61. The third-order valence-corrected chi connectivity index (χ3v) is 13.4. The number of aliphatic hydroxyl groups excluding tert-OH is 3. The Kier molecular flexibility index (Phi) is 14.9. The molecular weight excluding hydrogens is 841 g/mol. The molecule has 4 aromatic carbocycles. The van der Waals surface area contributed by atoms with E-state index in [9.17, 15) is 30.6 Å². The van der Waals surface area contributed by atoms with Gasteiger partial charge in [-0.2, -0.15) is 0 Å². The highest BCUT2D eigenvalue weighted by Gasteiger charge is 2.50. The summed E-state index contributed by atoms with van der Waals surface area (Å²) in [5.41, 5.74) is 6.32. The van der Waals surface area contributed by atoms with E-state index >= 15 is 0 Å². The Morgan fingerprint density at radius 2 is 1.82 bits per heavy atom. The largest absolute Gasteiger partial charge is 0.508 e. The van der Waals surface area contributed by atoms with E-state index in [0.717, 1.165) is 44.0 Å². The minimum atomic E-state index is -1.09. The topological polar surface area (TPSA) is 207 Å². The van der Waals surface area contributed by atoms with Crippen LogP contribution in [0.4, 0.5) is 0 Å². The Morgan fingerprint density at radius 1 is 0.970 bits per heavy atom. The normalized spacial score (nSPS) is 21.3. The van der Waals surface area contributed by atoms with Gasteiger partial charge in [0, 0.05) is 49.5 Å². The lowest BCUT2D eigenvalue weighted by molar-refractivity contribution is -0.129. The summed E-state index contributed by atoms with van der Waals surface area (Å²) in [7, 11) is 1.83. The number of aryl methyl sites for hydroxylation is 1. The number of phenolic OH excluding ortho intramolecular Hbond substituents is 2. The average Bonchev–Trinajstić information content (AvgIpc) is 3.77. The second kappa shape index (κ2) is 20.6. The summed E-state index contributed by atoms with van der Waals surface area (Å²) in [5.74, 6) is 1.99. The molecule has 0 fully saturated rings. The molecule has 14 heteroatoms. The van der Waals surface area contributed by atoms with Crippen molar-refractivity contribution in [2.24, 2.45) is 10.9 Å². The summed E-state index contributed by atoms with van der Waals surface area (Å²) in [6.07, 6.45) is 5.25. The van der Waals surface area contributed by atoms with E-state index in [2.05, 4.69) is 59.1 Å². The maximum absolute atomic E-state index is 11.5. The van der Waals surface area contributed by atoms with Crippen LogP contribution in [0.3, 0.4) is 0 Å². The van der Waals surface area contributed by atoms with Gasteiger partial charge in [-0.1, -0.05) is 32.1 Å². The predicted octanol–water partition coefficient (Wildman–Crippen LogP) is 3.59. The molecule has 3 aliphatic heterocycles. The van der Waals surface area contributed by atoms with Crippen molar-refractivity contribution >= 4 is 6.08 Å². The molecule has 0 saturated carbocycles. The van der Waals surface area contributed by atoms with Crippen LogP contribution in [0, 0.1) is 5.92 Å². The first kappa shape index (κ1) is 47.7. The summed E-state index contributed by atoms with van der Waals surface area (Å²) in [5, 5.41) is 76.1. The van der Waals surface area contributed by atoms with Crippen molar-refractivity contribution in [2.75, 3.05) is 66.5 Å². The number of benzene rings is 4. The van der Waals surface area contributed by atoms with Crippen LogP contribution in [0.15, 0.2) is 53.5 Å². The number of hydrogen-bond donors (Lipinski definition) is 9. The molecule has 4 aliphatic rings. The van der Waals surface area contributed by atoms with Crippen molar-refractivity contribution in [3.05, 3.63) is 98.1 Å². The molecule has 5 atom stereocenters. The van der Waals surface area contributed by atoms with E-state index in [1.165, 1.54) is 5.56 Å². The Bertz CT molecular complexity index is 2460. The molecule has 0 saturated heterocycles. The number of aliphatic hydroxyl groups is 4. The molecule has 1 aliphatic carbocycles. The molecule has 0 aromatic heterocycles. The van der Waals surface area contributed by atoms with Crippen LogP contribution in [-0.4, -0.2) is 114 Å². The molecule has 14 nitrogen and oxygen atoms in total. The molecule has 0 spiro atoms. The minimum absolute atomic E-state index is 0.0286. The highest BCUT2D eigenvalue weighted by molar-refractivity contribution is 5.85. The molecule has 0 unspecified atom stereocenters. The highest BCUT2D eigenvalue weighted by Crippen LogP contribution is 2.58. The number of ether oxygens (including phenoxy) is 4. The van der Waals surface area contributed by atoms with Crippen molar-refractivity contribution in [3.63, 3.8) is 0 Å². The zero-order valence-electron chi connectivity index (χ0n) is 38.8. The van der Waals surface area contributed by atoms with Gasteiger partial charge in [-0.3, -0.25) is 10.3 Å². The van der Waals surface area contributed by atoms with Crippen LogP contribution >= 0.6 is 0 Å². The second-order valence-corrected chi connectivity index (χ2v) is 19.2. The molecule has 3 heterocycles. The van der Waals surface area contributed by atoms with E-state index < -0.39 is 23.4 Å². The fraction of sp³-hybridized carbons (Fsp3) is 0.519. The molecular formula is C52H68N4O10. The maximum atomic E-state index is 11.5. The zero-order valence-corrected chi connectivity index (χ0v) is 38.8. The lowest BCUT2D eigenvalue weighted by Gasteiger charge is -2.47. The van der Waals surface area contributed by atoms with Crippen molar-refractivity contribution < 1.29 is 49.6 Å². The molecule has 66 heavy (non-hydrogen) atoms. The molecule has 0 amide bonds. The van der Waals surface area contributed by atoms with Gasteiger partial charge in [0.1, 0.15) is 35.6 Å². The number of rotatable bonds is 21. The third-order valence-electron chi connectivity index (χ3n) is 13.4. The molecule has 0 bridgehead atoms. The maximum Gasteiger partial charge on any atom is 0.161 e. The predicted molar refractivity (Wildman–Crippen MR) is 252 cm³/mol. The fourth-order valence-corrected chi connectivity index (χ4v) is 10.7. The number of phenols is 2. The fourth-order valence-electron chi connectivity index (χ4n) is 10.7.